The summed E-state index contributed by atoms with van der Waals surface area (Å²) in [6.45, 7) is 0. The third-order valence-corrected chi connectivity index (χ3v) is 6.66. The zero-order chi connectivity index (χ0) is 29.1. The normalized spacial score (nSPS) is 12.1. The molecule has 0 amide bonds. The number of alkyl halides is 6. The van der Waals surface area contributed by atoms with E-state index >= 15 is 0 Å². The molecule has 0 unspecified atom stereocenters. The molecule has 1 aromatic heterocycles. The number of aromatic nitrogens is 2. The number of sulfonamides is 1. The van der Waals surface area contributed by atoms with Gasteiger partial charge in [-0.1, -0.05) is 0 Å². The Morgan fingerprint density at radius 3 is 1.80 bits per heavy atom. The summed E-state index contributed by atoms with van der Waals surface area (Å²) < 4.78 is 111. The Hall–Kier alpha value is -4.53. The number of rotatable bonds is 8. The van der Waals surface area contributed by atoms with Gasteiger partial charge >= 0.3 is 12.4 Å². The zero-order valence-corrected chi connectivity index (χ0v) is 21.1. The lowest BCUT2D eigenvalue weighted by molar-refractivity contribution is -0.141. The fourth-order valence-corrected chi connectivity index (χ4v) is 4.38. The van der Waals surface area contributed by atoms with Crippen LogP contribution in [0.25, 0.3) is 0 Å². The molecular weight excluding hydrogens is 564 g/mol. The zero-order valence-electron chi connectivity index (χ0n) is 20.3. The highest BCUT2D eigenvalue weighted by Crippen LogP contribution is 2.32. The van der Waals surface area contributed by atoms with E-state index in [1.54, 1.807) is 24.3 Å². The summed E-state index contributed by atoms with van der Waals surface area (Å²) in [6.07, 6.45) is -9.38. The minimum Gasteiger partial charge on any atom is -0.497 e. The van der Waals surface area contributed by atoms with Crippen molar-refractivity contribution in [2.24, 2.45) is 0 Å². The second-order valence-electron chi connectivity index (χ2n) is 8.14. The summed E-state index contributed by atoms with van der Waals surface area (Å²) in [5.74, 6) is 0.0245. The summed E-state index contributed by atoms with van der Waals surface area (Å²) in [4.78, 5) is 7.19. The molecule has 0 aliphatic rings. The van der Waals surface area contributed by atoms with E-state index in [9.17, 15) is 34.8 Å². The molecule has 0 saturated carbocycles. The number of methoxy groups -OCH3 is 1. The number of anilines is 5. The standard InChI is InChI=1S/C25H19F6N5O3S/c1-39-19-10-8-16(9-11-19)32-22-14-21(25(29,30)31)34-23(35-22)33-17-4-6-18(7-5-17)36-40(37,38)20-12-2-15(3-13-20)24(26,27)28/h2-14,36H,1H3,(H2,32,33,34,35). The van der Waals surface area contributed by atoms with Crippen LogP contribution in [0.5, 0.6) is 5.75 Å². The summed E-state index contributed by atoms with van der Waals surface area (Å²) in [5.41, 5.74) is -1.48. The fourth-order valence-electron chi connectivity index (χ4n) is 3.32. The summed E-state index contributed by atoms with van der Waals surface area (Å²) in [7, 11) is -2.74. The van der Waals surface area contributed by atoms with Crippen molar-refractivity contribution >= 4 is 38.9 Å². The second-order valence-corrected chi connectivity index (χ2v) is 9.83. The molecule has 4 aromatic rings. The molecule has 40 heavy (non-hydrogen) atoms. The van der Waals surface area contributed by atoms with Crippen LogP contribution in [0.1, 0.15) is 11.3 Å². The quantitative estimate of drug-likeness (QED) is 0.196. The highest BCUT2D eigenvalue weighted by molar-refractivity contribution is 7.92. The first kappa shape index (κ1) is 28.5. The molecule has 8 nitrogen and oxygen atoms in total. The molecule has 4 rings (SSSR count). The van der Waals surface area contributed by atoms with Crippen molar-refractivity contribution in [3.8, 4) is 5.75 Å². The highest BCUT2D eigenvalue weighted by Gasteiger charge is 2.34. The first-order valence-corrected chi connectivity index (χ1v) is 12.7. The van der Waals surface area contributed by atoms with Crippen molar-refractivity contribution in [3.63, 3.8) is 0 Å². The molecule has 0 aliphatic heterocycles. The lowest BCUT2D eigenvalue weighted by atomic mass is 10.2. The Kier molecular flexibility index (Phi) is 7.77. The average molecular weight is 584 g/mol. The highest BCUT2D eigenvalue weighted by atomic mass is 32.2. The molecule has 0 saturated heterocycles. The number of hydrogen-bond acceptors (Lipinski definition) is 7. The van der Waals surface area contributed by atoms with Crippen LogP contribution < -0.4 is 20.1 Å². The Labute approximate surface area is 224 Å². The van der Waals surface area contributed by atoms with Crippen molar-refractivity contribution in [2.45, 2.75) is 17.2 Å². The topological polar surface area (TPSA) is 105 Å². The molecular formula is C25H19F6N5O3S. The van der Waals surface area contributed by atoms with Crippen LogP contribution in [-0.4, -0.2) is 25.5 Å². The fraction of sp³-hybridized carbons (Fsp3) is 0.120. The molecule has 210 valence electrons. The van der Waals surface area contributed by atoms with E-state index in [4.69, 9.17) is 4.74 Å². The van der Waals surface area contributed by atoms with E-state index in [0.717, 1.165) is 18.2 Å². The van der Waals surface area contributed by atoms with Gasteiger partial charge in [0.2, 0.25) is 5.95 Å². The van der Waals surface area contributed by atoms with Crippen molar-refractivity contribution in [2.75, 3.05) is 22.5 Å². The summed E-state index contributed by atoms with van der Waals surface area (Å²) in [5, 5.41) is 5.41. The van der Waals surface area contributed by atoms with E-state index in [-0.39, 0.29) is 23.1 Å². The maximum atomic E-state index is 13.5. The Bertz CT molecular complexity index is 1580. The number of halogens is 6. The van der Waals surface area contributed by atoms with E-state index in [2.05, 4.69) is 25.3 Å². The molecule has 0 spiro atoms. The van der Waals surface area contributed by atoms with Gasteiger partial charge in [-0.3, -0.25) is 4.72 Å². The lowest BCUT2D eigenvalue weighted by Crippen LogP contribution is -2.14. The number of nitrogens with zero attached hydrogens (tertiary/aromatic N) is 2. The van der Waals surface area contributed by atoms with Crippen LogP contribution in [0.15, 0.2) is 83.8 Å². The second kappa shape index (κ2) is 10.9. The Morgan fingerprint density at radius 2 is 1.25 bits per heavy atom. The first-order valence-electron chi connectivity index (χ1n) is 11.2. The van der Waals surface area contributed by atoms with Gasteiger partial charge in [0.15, 0.2) is 5.69 Å². The monoisotopic (exact) mass is 583 g/mol. The van der Waals surface area contributed by atoms with E-state index < -0.39 is 38.5 Å². The molecule has 3 aromatic carbocycles. The minimum atomic E-state index is -4.77. The van der Waals surface area contributed by atoms with Crippen molar-refractivity contribution in [1.82, 2.24) is 9.97 Å². The van der Waals surface area contributed by atoms with Crippen LogP contribution in [0, 0.1) is 0 Å². The maximum absolute atomic E-state index is 13.5. The van der Waals surface area contributed by atoms with Gasteiger partial charge < -0.3 is 15.4 Å². The van der Waals surface area contributed by atoms with Gasteiger partial charge in [-0.2, -0.15) is 31.3 Å². The summed E-state index contributed by atoms with van der Waals surface area (Å²) in [6, 6.07) is 15.4. The largest absolute Gasteiger partial charge is 0.497 e. The van der Waals surface area contributed by atoms with Crippen molar-refractivity contribution in [1.29, 1.82) is 0 Å². The molecule has 15 heteroatoms. The van der Waals surface area contributed by atoms with E-state index in [1.807, 2.05) is 0 Å². The predicted molar refractivity (Wildman–Crippen MR) is 135 cm³/mol. The maximum Gasteiger partial charge on any atom is 0.433 e. The summed E-state index contributed by atoms with van der Waals surface area (Å²) >= 11 is 0. The minimum absolute atomic E-state index is 0.0530. The molecule has 0 fully saturated rings. The van der Waals surface area contributed by atoms with Gasteiger partial charge in [0.25, 0.3) is 10.0 Å². The molecule has 0 aliphatic carbocycles. The molecule has 1 heterocycles. The number of nitrogens with one attached hydrogen (secondary N) is 3. The first-order chi connectivity index (χ1) is 18.7. The van der Waals surface area contributed by atoms with Gasteiger partial charge in [-0.25, -0.2) is 13.4 Å². The number of benzene rings is 3. The SMILES string of the molecule is COc1ccc(Nc2cc(C(F)(F)F)nc(Nc3ccc(NS(=O)(=O)c4ccc(C(F)(F)F)cc4)cc3)n2)cc1. The van der Waals surface area contributed by atoms with Gasteiger partial charge in [-0.05, 0) is 72.8 Å². The Balaban J connectivity index is 1.51. The third kappa shape index (κ3) is 7.11. The number of hydrogen-bond donors (Lipinski definition) is 3. The van der Waals surface area contributed by atoms with Crippen LogP contribution >= 0.6 is 0 Å². The van der Waals surface area contributed by atoms with E-state index in [1.165, 1.54) is 31.4 Å². The number of ether oxygens (including phenoxy) is 1. The molecule has 0 atom stereocenters. The van der Waals surface area contributed by atoms with Gasteiger partial charge in [-0.15, -0.1) is 0 Å². The van der Waals surface area contributed by atoms with Gasteiger partial charge in [0.05, 0.1) is 17.6 Å². The lowest BCUT2D eigenvalue weighted by Gasteiger charge is -2.14. The third-order valence-electron chi connectivity index (χ3n) is 5.26. The Morgan fingerprint density at radius 1 is 0.700 bits per heavy atom. The average Bonchev–Trinajstić information content (AvgIpc) is 2.89. The van der Waals surface area contributed by atoms with Crippen LogP contribution in [-0.2, 0) is 22.4 Å². The van der Waals surface area contributed by atoms with E-state index in [0.29, 0.717) is 23.6 Å². The molecule has 0 bridgehead atoms. The van der Waals surface area contributed by atoms with Crippen LogP contribution in [0.3, 0.4) is 0 Å². The molecule has 3 N–H and O–H groups in total. The van der Waals surface area contributed by atoms with Crippen molar-refractivity contribution < 1.29 is 39.5 Å². The van der Waals surface area contributed by atoms with Gasteiger partial charge in [0, 0.05) is 23.1 Å². The van der Waals surface area contributed by atoms with Gasteiger partial charge in [0.1, 0.15) is 11.6 Å². The molecule has 0 radical (unpaired) electrons. The van der Waals surface area contributed by atoms with Crippen LogP contribution in [0.2, 0.25) is 0 Å². The smallest absolute Gasteiger partial charge is 0.433 e. The van der Waals surface area contributed by atoms with Crippen LogP contribution in [0.4, 0.5) is 55.2 Å². The predicted octanol–water partition coefficient (Wildman–Crippen LogP) is 6.81. The van der Waals surface area contributed by atoms with Crippen molar-refractivity contribution in [3.05, 3.63) is 90.1 Å².